The third kappa shape index (κ3) is 7.40. The van der Waals surface area contributed by atoms with Crippen molar-refractivity contribution in [3.8, 4) is 23.0 Å². The van der Waals surface area contributed by atoms with Gasteiger partial charge in [0.15, 0.2) is 17.2 Å². The second-order valence-electron chi connectivity index (χ2n) is 9.42. The van der Waals surface area contributed by atoms with Crippen molar-refractivity contribution >= 4 is 11.9 Å². The van der Waals surface area contributed by atoms with Gasteiger partial charge in [-0.3, -0.25) is 4.79 Å². The fourth-order valence-corrected chi connectivity index (χ4v) is 4.71. The van der Waals surface area contributed by atoms with E-state index in [-0.39, 0.29) is 17.4 Å². The highest BCUT2D eigenvalue weighted by Crippen LogP contribution is 2.30. The molecule has 9 nitrogen and oxygen atoms in total. The van der Waals surface area contributed by atoms with Gasteiger partial charge in [-0.05, 0) is 50.5 Å². The van der Waals surface area contributed by atoms with Gasteiger partial charge in [0.25, 0.3) is 5.91 Å². The fourth-order valence-electron chi connectivity index (χ4n) is 4.71. The summed E-state index contributed by atoms with van der Waals surface area (Å²) in [7, 11) is 1.38. The van der Waals surface area contributed by atoms with Gasteiger partial charge in [-0.15, -0.1) is 0 Å². The molecule has 3 aromatic rings. The van der Waals surface area contributed by atoms with Gasteiger partial charge >= 0.3 is 5.97 Å². The van der Waals surface area contributed by atoms with Gasteiger partial charge in [0, 0.05) is 18.2 Å². The van der Waals surface area contributed by atoms with E-state index < -0.39 is 35.9 Å². The van der Waals surface area contributed by atoms with Crippen molar-refractivity contribution in [2.24, 2.45) is 5.92 Å². The number of nitrogens with zero attached hydrogens (tertiary/aromatic N) is 1. The largest absolute Gasteiger partial charge is 0.503 e. The second-order valence-corrected chi connectivity index (χ2v) is 9.42. The Balaban J connectivity index is 1.49. The van der Waals surface area contributed by atoms with Gasteiger partial charge in [-0.1, -0.05) is 42.8 Å². The van der Waals surface area contributed by atoms with Crippen LogP contribution in [0.2, 0.25) is 0 Å². The fraction of sp³-hybridized carbons (Fsp3) is 0.367. The molecule has 2 N–H and O–H groups in total. The minimum Gasteiger partial charge on any atom is -0.503 e. The monoisotopic (exact) mass is 534 g/mol. The first-order valence-electron chi connectivity index (χ1n) is 13.1. The summed E-state index contributed by atoms with van der Waals surface area (Å²) in [6.45, 7) is 2.28. The Hall–Kier alpha value is -4.27. The number of methoxy groups -OCH3 is 1. The van der Waals surface area contributed by atoms with Crippen molar-refractivity contribution in [2.45, 2.75) is 50.9 Å². The van der Waals surface area contributed by atoms with Crippen molar-refractivity contribution in [2.75, 3.05) is 13.7 Å². The molecule has 4 unspecified atom stereocenters. The molecule has 4 atom stereocenters. The van der Waals surface area contributed by atoms with Crippen molar-refractivity contribution < 1.29 is 33.6 Å². The SMILES string of the molecule is COc1ccnc(C(=O)NC2CCCC(CCOc3ccccc3)C(Oc3ccccc3)C(C)OC2=O)c1O. The van der Waals surface area contributed by atoms with Crippen molar-refractivity contribution in [1.82, 2.24) is 10.3 Å². The highest BCUT2D eigenvalue weighted by atomic mass is 16.6. The maximum atomic E-state index is 13.2. The van der Waals surface area contributed by atoms with E-state index >= 15 is 0 Å². The van der Waals surface area contributed by atoms with Crippen LogP contribution in [-0.4, -0.2) is 53.9 Å². The lowest BCUT2D eigenvalue weighted by Gasteiger charge is -2.31. The summed E-state index contributed by atoms with van der Waals surface area (Å²) in [5.74, 6) is -0.0401. The summed E-state index contributed by atoms with van der Waals surface area (Å²) in [4.78, 5) is 30.1. The van der Waals surface area contributed by atoms with E-state index in [2.05, 4.69) is 10.3 Å². The summed E-state index contributed by atoms with van der Waals surface area (Å²) < 4.78 is 23.2. The predicted molar refractivity (Wildman–Crippen MR) is 144 cm³/mol. The number of cyclic esters (lactones) is 1. The van der Waals surface area contributed by atoms with Crippen LogP contribution in [0.1, 0.15) is 43.1 Å². The molecule has 1 amide bonds. The Kier molecular flexibility index (Phi) is 9.61. The second kappa shape index (κ2) is 13.5. The van der Waals surface area contributed by atoms with E-state index in [4.69, 9.17) is 18.9 Å². The molecule has 1 aliphatic rings. The van der Waals surface area contributed by atoms with Gasteiger partial charge in [-0.25, -0.2) is 9.78 Å². The van der Waals surface area contributed by atoms with Crippen molar-refractivity contribution in [3.63, 3.8) is 0 Å². The lowest BCUT2D eigenvalue weighted by atomic mass is 9.89. The van der Waals surface area contributed by atoms with Crippen LogP contribution in [0.3, 0.4) is 0 Å². The first-order valence-corrected chi connectivity index (χ1v) is 13.1. The zero-order valence-corrected chi connectivity index (χ0v) is 22.1. The number of rotatable bonds is 9. The van der Waals surface area contributed by atoms with Gasteiger partial charge in [0.2, 0.25) is 0 Å². The molecule has 1 aliphatic heterocycles. The number of aromatic nitrogens is 1. The first kappa shape index (κ1) is 27.8. The lowest BCUT2D eigenvalue weighted by molar-refractivity contribution is -0.156. The number of para-hydroxylation sites is 2. The molecule has 2 heterocycles. The zero-order valence-electron chi connectivity index (χ0n) is 22.1. The Bertz CT molecular complexity index is 1220. The van der Waals surface area contributed by atoms with Crippen LogP contribution in [0, 0.1) is 5.92 Å². The molecular formula is C30H34N2O7. The Labute approximate surface area is 228 Å². The third-order valence-corrected chi connectivity index (χ3v) is 6.73. The highest BCUT2D eigenvalue weighted by Gasteiger charge is 2.36. The average Bonchev–Trinajstić information content (AvgIpc) is 3.00. The zero-order chi connectivity index (χ0) is 27.6. The molecule has 0 radical (unpaired) electrons. The number of benzene rings is 2. The molecule has 2 aromatic carbocycles. The number of hydrogen-bond donors (Lipinski definition) is 2. The molecule has 0 bridgehead atoms. The minimum absolute atomic E-state index is 0.0234. The van der Waals surface area contributed by atoms with Gasteiger partial charge in [0.1, 0.15) is 29.7 Å². The molecule has 0 aliphatic carbocycles. The molecule has 39 heavy (non-hydrogen) atoms. The first-order chi connectivity index (χ1) is 19.0. The van der Waals surface area contributed by atoms with Crippen LogP contribution in [-0.2, 0) is 9.53 Å². The summed E-state index contributed by atoms with van der Waals surface area (Å²) in [5, 5.41) is 13.0. The molecule has 4 rings (SSSR count). The molecule has 0 saturated carbocycles. The third-order valence-electron chi connectivity index (χ3n) is 6.73. The van der Waals surface area contributed by atoms with Gasteiger partial charge in [0.05, 0.1) is 13.7 Å². The molecule has 1 aromatic heterocycles. The molecule has 1 fully saturated rings. The molecular weight excluding hydrogens is 500 g/mol. The van der Waals surface area contributed by atoms with Gasteiger partial charge < -0.3 is 29.4 Å². The number of carbonyl (C=O) groups excluding carboxylic acids is 2. The molecule has 0 spiro atoms. The number of carbonyl (C=O) groups is 2. The number of amides is 1. The smallest absolute Gasteiger partial charge is 0.329 e. The van der Waals surface area contributed by atoms with Crippen molar-refractivity contribution in [1.29, 1.82) is 0 Å². The molecule has 9 heteroatoms. The van der Waals surface area contributed by atoms with E-state index in [0.29, 0.717) is 31.6 Å². The minimum atomic E-state index is -0.913. The van der Waals surface area contributed by atoms with Crippen LogP contribution >= 0.6 is 0 Å². The van der Waals surface area contributed by atoms with Crippen LogP contribution in [0.4, 0.5) is 0 Å². The Morgan fingerprint density at radius 1 is 1.05 bits per heavy atom. The maximum Gasteiger partial charge on any atom is 0.329 e. The molecule has 1 saturated heterocycles. The number of hydrogen-bond acceptors (Lipinski definition) is 8. The normalized spacial score (nSPS) is 21.4. The number of aromatic hydroxyl groups is 1. The Morgan fingerprint density at radius 2 is 1.74 bits per heavy atom. The Morgan fingerprint density at radius 3 is 2.44 bits per heavy atom. The van der Waals surface area contributed by atoms with E-state index in [1.165, 1.54) is 19.4 Å². The summed E-state index contributed by atoms with van der Waals surface area (Å²) in [6.07, 6.45) is 2.74. The van der Waals surface area contributed by atoms with Crippen LogP contribution < -0.4 is 19.5 Å². The van der Waals surface area contributed by atoms with Crippen LogP contribution in [0.25, 0.3) is 0 Å². The van der Waals surface area contributed by atoms with Crippen molar-refractivity contribution in [3.05, 3.63) is 78.6 Å². The summed E-state index contributed by atoms with van der Waals surface area (Å²) in [5.41, 5.74) is -0.226. The predicted octanol–water partition coefficient (Wildman–Crippen LogP) is 4.54. The van der Waals surface area contributed by atoms with E-state index in [9.17, 15) is 14.7 Å². The van der Waals surface area contributed by atoms with E-state index in [0.717, 1.165) is 12.2 Å². The topological polar surface area (TPSA) is 116 Å². The van der Waals surface area contributed by atoms with Gasteiger partial charge in [-0.2, -0.15) is 0 Å². The number of pyridine rings is 1. The number of ether oxygens (including phenoxy) is 4. The van der Waals surface area contributed by atoms with E-state index in [1.807, 2.05) is 60.7 Å². The summed E-state index contributed by atoms with van der Waals surface area (Å²) >= 11 is 0. The summed E-state index contributed by atoms with van der Waals surface area (Å²) in [6, 6.07) is 19.6. The molecule has 206 valence electrons. The standard InChI is InChI=1S/C30H34N2O7/c1-20-28(39-23-13-7-4-8-14-23)21(17-19-37-22-11-5-3-6-12-22)10-9-15-24(30(35)38-20)32-29(34)26-27(33)25(36-2)16-18-31-26/h3-8,11-14,16,18,20-21,24,28,33H,9-10,15,17,19H2,1-2H3,(H,32,34). The van der Waals surface area contributed by atoms with Crippen LogP contribution in [0.15, 0.2) is 72.9 Å². The quantitative estimate of drug-likeness (QED) is 0.385. The average molecular weight is 535 g/mol. The number of esters is 1. The van der Waals surface area contributed by atoms with E-state index in [1.54, 1.807) is 6.92 Å². The lowest BCUT2D eigenvalue weighted by Crippen LogP contribution is -2.45. The highest BCUT2D eigenvalue weighted by molar-refractivity contribution is 5.97. The van der Waals surface area contributed by atoms with Crippen LogP contribution in [0.5, 0.6) is 23.0 Å². The number of nitrogens with one attached hydrogen (secondary N) is 1. The maximum absolute atomic E-state index is 13.2.